The minimum absolute atomic E-state index is 0.301. The molecule has 0 atom stereocenters. The number of hydrogen-bond donors (Lipinski definition) is 0. The Labute approximate surface area is 167 Å². The summed E-state index contributed by atoms with van der Waals surface area (Å²) in [6, 6.07) is 0. The van der Waals surface area contributed by atoms with Gasteiger partial charge in [-0.05, 0) is 87.9 Å². The van der Waals surface area contributed by atoms with Crippen molar-refractivity contribution in [3.05, 3.63) is 12.2 Å². The molecule has 0 N–H and O–H groups in total. The molecule has 0 amide bonds. The number of halogens is 6. The number of rotatable bonds is 20. The molecule has 0 unspecified atom stereocenters. The van der Waals surface area contributed by atoms with E-state index in [1.54, 1.807) is 0 Å². The maximum Gasteiger partial charge on any atom is 0.0894 e. The fourth-order valence-corrected chi connectivity index (χ4v) is 4.12. The van der Waals surface area contributed by atoms with Gasteiger partial charge >= 0.3 is 0 Å². The summed E-state index contributed by atoms with van der Waals surface area (Å²) in [4.78, 5) is 0. The number of allylic oxidation sites excluding steroid dienone is 2. The van der Waals surface area contributed by atoms with Gasteiger partial charge in [0.25, 0.3) is 0 Å². The molecule has 0 fully saturated rings. The predicted molar refractivity (Wildman–Crippen MR) is 105 cm³/mol. The standard InChI is InChI=1S/C22H38F6/c23-15-1-7-21(8-2-16-24,9-3-17-25)13-14-22(10-4-18-26,11-5-19-27)12-6-20-28/h13-14H,1-12,15-20H2/b14-13+. The molecule has 0 aromatic heterocycles. The Balaban J connectivity index is 5.73. The monoisotopic (exact) mass is 416 g/mol. The minimum Gasteiger partial charge on any atom is -0.251 e. The molecule has 0 nitrogen and oxygen atoms in total. The minimum atomic E-state index is -0.531. The van der Waals surface area contributed by atoms with Crippen LogP contribution in [0.4, 0.5) is 26.3 Å². The van der Waals surface area contributed by atoms with Crippen LogP contribution in [0.3, 0.4) is 0 Å². The highest BCUT2D eigenvalue weighted by molar-refractivity contribution is 5.07. The van der Waals surface area contributed by atoms with Crippen molar-refractivity contribution in [2.75, 3.05) is 40.0 Å². The first-order chi connectivity index (χ1) is 13.6. The first kappa shape index (κ1) is 27.3. The largest absolute Gasteiger partial charge is 0.251 e. The second-order valence-electron chi connectivity index (χ2n) is 7.81. The van der Waals surface area contributed by atoms with Crippen molar-refractivity contribution in [2.45, 2.75) is 77.0 Å². The van der Waals surface area contributed by atoms with E-state index in [0.29, 0.717) is 77.0 Å². The highest BCUT2D eigenvalue weighted by Crippen LogP contribution is 2.42. The summed E-state index contributed by atoms with van der Waals surface area (Å²) in [7, 11) is 0. The van der Waals surface area contributed by atoms with Crippen molar-refractivity contribution in [3.63, 3.8) is 0 Å². The quantitative estimate of drug-likeness (QED) is 0.139. The molecule has 0 rings (SSSR count). The summed E-state index contributed by atoms with van der Waals surface area (Å²) < 4.78 is 77.1. The van der Waals surface area contributed by atoms with Crippen LogP contribution in [0.1, 0.15) is 77.0 Å². The molecule has 0 radical (unpaired) electrons. The van der Waals surface area contributed by atoms with Crippen LogP contribution in [0, 0.1) is 10.8 Å². The Morgan fingerprint density at radius 1 is 0.357 bits per heavy atom. The normalized spacial score (nSPS) is 12.9. The summed E-state index contributed by atoms with van der Waals surface area (Å²) in [5.74, 6) is 0. The van der Waals surface area contributed by atoms with Crippen LogP contribution in [0.2, 0.25) is 0 Å². The van der Waals surface area contributed by atoms with Gasteiger partial charge in [-0.25, -0.2) is 0 Å². The molecule has 0 heterocycles. The van der Waals surface area contributed by atoms with Gasteiger partial charge in [-0.1, -0.05) is 12.2 Å². The van der Waals surface area contributed by atoms with Gasteiger partial charge in [0.2, 0.25) is 0 Å². The average molecular weight is 417 g/mol. The lowest BCUT2D eigenvalue weighted by molar-refractivity contribution is 0.223. The smallest absolute Gasteiger partial charge is 0.0894 e. The number of alkyl halides is 6. The van der Waals surface area contributed by atoms with Crippen molar-refractivity contribution >= 4 is 0 Å². The van der Waals surface area contributed by atoms with Gasteiger partial charge in [0, 0.05) is 0 Å². The Morgan fingerprint density at radius 2 is 0.536 bits per heavy atom. The van der Waals surface area contributed by atoms with Gasteiger partial charge in [-0.3, -0.25) is 26.3 Å². The van der Waals surface area contributed by atoms with Crippen LogP contribution in [0.25, 0.3) is 0 Å². The molecule has 0 saturated heterocycles. The van der Waals surface area contributed by atoms with E-state index < -0.39 is 50.9 Å². The fourth-order valence-electron chi connectivity index (χ4n) is 4.12. The predicted octanol–water partition coefficient (Wildman–Crippen LogP) is 8.01. The van der Waals surface area contributed by atoms with Gasteiger partial charge in [0.05, 0.1) is 40.0 Å². The molecule has 0 aliphatic carbocycles. The molecule has 0 spiro atoms. The van der Waals surface area contributed by atoms with Crippen molar-refractivity contribution in [2.24, 2.45) is 10.8 Å². The van der Waals surface area contributed by atoms with E-state index in [4.69, 9.17) is 0 Å². The highest BCUT2D eigenvalue weighted by Gasteiger charge is 2.31. The zero-order chi connectivity index (χ0) is 21.1. The van der Waals surface area contributed by atoms with Gasteiger partial charge < -0.3 is 0 Å². The van der Waals surface area contributed by atoms with E-state index >= 15 is 0 Å². The summed E-state index contributed by atoms with van der Waals surface area (Å²) in [5, 5.41) is 0. The van der Waals surface area contributed by atoms with Crippen LogP contribution in [-0.4, -0.2) is 40.0 Å². The SMILES string of the molecule is FCCCC(/C=C/C(CCCF)(CCCF)CCCF)(CCCF)CCCF. The highest BCUT2D eigenvalue weighted by atomic mass is 19.1. The summed E-state index contributed by atoms with van der Waals surface area (Å²) >= 11 is 0. The Bertz CT molecular complexity index is 294. The summed E-state index contributed by atoms with van der Waals surface area (Å²) in [6.07, 6.45) is 8.51. The fraction of sp³-hybridized carbons (Fsp3) is 0.909. The first-order valence-corrected chi connectivity index (χ1v) is 10.6. The molecule has 0 aliphatic rings. The summed E-state index contributed by atoms with van der Waals surface area (Å²) in [6.45, 7) is -3.01. The molecule has 168 valence electrons. The van der Waals surface area contributed by atoms with Gasteiger partial charge in [-0.2, -0.15) is 0 Å². The topological polar surface area (TPSA) is 0 Å². The maximum atomic E-state index is 12.8. The third kappa shape index (κ3) is 11.4. The van der Waals surface area contributed by atoms with Crippen LogP contribution in [-0.2, 0) is 0 Å². The third-order valence-electron chi connectivity index (χ3n) is 5.64. The van der Waals surface area contributed by atoms with E-state index in [1.165, 1.54) is 0 Å². The van der Waals surface area contributed by atoms with Crippen molar-refractivity contribution in [1.82, 2.24) is 0 Å². The van der Waals surface area contributed by atoms with Crippen LogP contribution < -0.4 is 0 Å². The van der Waals surface area contributed by atoms with E-state index in [2.05, 4.69) is 0 Å². The molecule has 0 aromatic carbocycles. The van der Waals surface area contributed by atoms with Crippen molar-refractivity contribution < 1.29 is 26.3 Å². The van der Waals surface area contributed by atoms with Gasteiger partial charge in [0.1, 0.15) is 0 Å². The molecule has 0 aliphatic heterocycles. The lowest BCUT2D eigenvalue weighted by atomic mass is 9.70. The zero-order valence-corrected chi connectivity index (χ0v) is 17.2. The second-order valence-corrected chi connectivity index (χ2v) is 7.81. The van der Waals surface area contributed by atoms with E-state index in [-0.39, 0.29) is 0 Å². The summed E-state index contributed by atoms with van der Waals surface area (Å²) in [5.41, 5.74) is -1.06. The van der Waals surface area contributed by atoms with E-state index in [1.807, 2.05) is 12.2 Å². The molecular formula is C22H38F6. The van der Waals surface area contributed by atoms with Crippen molar-refractivity contribution in [1.29, 1.82) is 0 Å². The molecule has 0 aromatic rings. The van der Waals surface area contributed by atoms with E-state index in [0.717, 1.165) is 0 Å². The molecule has 0 saturated carbocycles. The third-order valence-corrected chi connectivity index (χ3v) is 5.64. The molecule has 6 heteroatoms. The van der Waals surface area contributed by atoms with Crippen LogP contribution in [0.5, 0.6) is 0 Å². The lowest BCUT2D eigenvalue weighted by Gasteiger charge is -2.35. The van der Waals surface area contributed by atoms with Gasteiger partial charge in [0.15, 0.2) is 0 Å². The zero-order valence-electron chi connectivity index (χ0n) is 17.2. The number of hydrogen-bond acceptors (Lipinski definition) is 0. The van der Waals surface area contributed by atoms with Crippen molar-refractivity contribution in [3.8, 4) is 0 Å². The molecule has 28 heavy (non-hydrogen) atoms. The van der Waals surface area contributed by atoms with E-state index in [9.17, 15) is 26.3 Å². The van der Waals surface area contributed by atoms with Gasteiger partial charge in [-0.15, -0.1) is 0 Å². The lowest BCUT2D eigenvalue weighted by Crippen LogP contribution is -2.24. The second kappa shape index (κ2) is 17.2. The molecular weight excluding hydrogens is 378 g/mol. The first-order valence-electron chi connectivity index (χ1n) is 10.6. The average Bonchev–Trinajstić information content (AvgIpc) is 2.73. The Morgan fingerprint density at radius 3 is 0.679 bits per heavy atom. The van der Waals surface area contributed by atoms with Crippen LogP contribution >= 0.6 is 0 Å². The molecule has 0 bridgehead atoms. The van der Waals surface area contributed by atoms with Crippen LogP contribution in [0.15, 0.2) is 12.2 Å². The maximum absolute atomic E-state index is 12.8. The Kier molecular flexibility index (Phi) is 16.8. The Hall–Kier alpha value is -0.680.